The topological polar surface area (TPSA) is 640 Å². The maximum atomic E-state index is 14.7. The van der Waals surface area contributed by atoms with Gasteiger partial charge in [-0.3, -0.25) is 64.8 Å². The van der Waals surface area contributed by atoms with E-state index in [0.717, 1.165) is 22.5 Å². The first-order chi connectivity index (χ1) is 53.1. The molecule has 0 unspecified atom stereocenters. The molecule has 38 nitrogen and oxygen atoms in total. The number of nitrogens with two attached hydrogens (primary N) is 6. The van der Waals surface area contributed by atoms with Gasteiger partial charge in [0.2, 0.25) is 29.5 Å². The molecule has 0 aliphatic carbocycles. The summed E-state index contributed by atoms with van der Waals surface area (Å²) in [6, 6.07) is 17.6. The fourth-order valence-corrected chi connectivity index (χ4v) is 11.5. The Morgan fingerprint density at radius 2 is 0.757 bits per heavy atom. The largest absolute Gasteiger partial charge is 0.496 e. The van der Waals surface area contributed by atoms with E-state index in [1.54, 1.807) is 0 Å². The summed E-state index contributed by atoms with van der Waals surface area (Å²) in [5.74, 6) is -9.77. The molecule has 0 saturated carbocycles. The Bertz CT molecular complexity index is 4320. The smallest absolute Gasteiger partial charge is 0.341 e. The number of methoxy groups -OCH3 is 3. The van der Waals surface area contributed by atoms with Gasteiger partial charge in [0.05, 0.1) is 49.6 Å². The third-order valence-corrected chi connectivity index (χ3v) is 17.2. The summed E-state index contributed by atoms with van der Waals surface area (Å²) in [6.45, 7) is 0.160. The zero-order chi connectivity index (χ0) is 81.1. The number of carboxylic acids is 1. The van der Waals surface area contributed by atoms with Crippen LogP contribution in [-0.2, 0) is 35.2 Å². The van der Waals surface area contributed by atoms with Gasteiger partial charge in [0, 0.05) is 66.0 Å². The van der Waals surface area contributed by atoms with Gasteiger partial charge >= 0.3 is 5.97 Å². The summed E-state index contributed by atoms with van der Waals surface area (Å²) in [4.78, 5) is 142. The van der Waals surface area contributed by atoms with Crippen LogP contribution >= 0.6 is 0 Å². The summed E-state index contributed by atoms with van der Waals surface area (Å²) < 4.78 is 22.1. The number of aryl methyl sites for hydroxylation is 1. The monoisotopic (exact) mass is 1540 g/mol. The van der Waals surface area contributed by atoms with Gasteiger partial charge in [0.1, 0.15) is 47.2 Å². The normalized spacial score (nSPS) is 12.1. The quantitative estimate of drug-likeness (QED) is 0.0148. The lowest BCUT2D eigenvalue weighted by molar-refractivity contribution is -0.139. The second kappa shape index (κ2) is 44.0. The zero-order valence-electron chi connectivity index (χ0n) is 61.8. The number of guanidine groups is 4. The number of hydrogen-bond acceptors (Lipinski definition) is 19. The Morgan fingerprint density at radius 3 is 1.11 bits per heavy atom. The van der Waals surface area contributed by atoms with Gasteiger partial charge in [-0.05, 0) is 174 Å². The van der Waals surface area contributed by atoms with Crippen molar-refractivity contribution < 1.29 is 72.0 Å². The minimum absolute atomic E-state index is 0.00658. The maximum Gasteiger partial charge on any atom is 0.341 e. The number of fused-ring (bicyclic) bond motifs is 1. The highest BCUT2D eigenvalue weighted by molar-refractivity contribution is 6.08. The number of unbranched alkanes of at least 4 members (excludes halogenated alkanes) is 4. The van der Waals surface area contributed by atoms with Crippen molar-refractivity contribution in [3.8, 4) is 23.0 Å². The lowest BCUT2D eigenvalue weighted by Crippen LogP contribution is -2.45. The second-order valence-electron chi connectivity index (χ2n) is 25.5. The fraction of sp³-hybridized carbons (Fsp3) is 0.370. The van der Waals surface area contributed by atoms with Crippen molar-refractivity contribution in [3.63, 3.8) is 0 Å². The van der Waals surface area contributed by atoms with Crippen LogP contribution in [0.15, 0.2) is 103 Å². The molecular formula is C73H99N23O15. The number of H-pyrrole nitrogens is 1. The van der Waals surface area contributed by atoms with Crippen molar-refractivity contribution in [1.82, 2.24) is 47.5 Å². The highest BCUT2D eigenvalue weighted by Crippen LogP contribution is 2.30. The molecule has 6 rings (SSSR count). The van der Waals surface area contributed by atoms with Crippen LogP contribution in [0, 0.1) is 21.6 Å². The number of carbonyl (C=O) groups is 10. The third kappa shape index (κ3) is 28.3. The zero-order valence-corrected chi connectivity index (χ0v) is 61.8. The minimum atomic E-state index is -1.42. The van der Waals surface area contributed by atoms with Gasteiger partial charge in [0.25, 0.3) is 23.6 Å². The summed E-state index contributed by atoms with van der Waals surface area (Å²) in [5.41, 5.74) is 35.1. The van der Waals surface area contributed by atoms with E-state index in [9.17, 15) is 53.1 Å². The lowest BCUT2D eigenvalue weighted by Gasteiger charge is -2.22. The number of primary amides is 1. The van der Waals surface area contributed by atoms with Gasteiger partial charge in [-0.2, -0.15) is 0 Å². The molecule has 0 spiro atoms. The van der Waals surface area contributed by atoms with Crippen molar-refractivity contribution >= 4 is 117 Å². The number of aromatic amines is 1. The van der Waals surface area contributed by atoms with Gasteiger partial charge in [0.15, 0.2) is 30.4 Å². The summed E-state index contributed by atoms with van der Waals surface area (Å²) in [6.07, 6.45) is 5.56. The van der Waals surface area contributed by atoms with Crippen molar-refractivity contribution in [2.75, 3.05) is 75.4 Å². The molecule has 9 amide bonds. The molecule has 0 aliphatic heterocycles. The van der Waals surface area contributed by atoms with E-state index in [-0.39, 0.29) is 150 Å². The molecule has 5 aromatic carbocycles. The Balaban J connectivity index is 1.23. The number of para-hydroxylation sites is 1. The van der Waals surface area contributed by atoms with Crippen LogP contribution in [0.2, 0.25) is 0 Å². The number of amides is 9. The molecule has 1 heterocycles. The van der Waals surface area contributed by atoms with E-state index in [1.165, 1.54) is 88.1 Å². The average molecular weight is 1540 g/mol. The molecule has 6 aromatic rings. The Kier molecular flexibility index (Phi) is 34.3. The highest BCUT2D eigenvalue weighted by atomic mass is 16.5. The van der Waals surface area contributed by atoms with Gasteiger partial charge in [-0.25, -0.2) is 4.79 Å². The van der Waals surface area contributed by atoms with Crippen LogP contribution in [0.1, 0.15) is 130 Å². The molecule has 38 heteroatoms. The molecule has 5 atom stereocenters. The molecule has 0 radical (unpaired) electrons. The van der Waals surface area contributed by atoms with Crippen LogP contribution in [0.3, 0.4) is 0 Å². The van der Waals surface area contributed by atoms with Crippen molar-refractivity contribution in [3.05, 3.63) is 131 Å². The van der Waals surface area contributed by atoms with E-state index in [0.29, 0.717) is 57.9 Å². The molecule has 0 fully saturated rings. The standard InChI is InChI=1S/C73H99N23O15/c1-108-56-27-22-42(35-46(56)62(100)93-52(61(75)99)25-20-40-38-88-51-16-5-4-14-45(40)51)90-69(107)55(19-9-13-33-87-73(82)83)96-65(103)49-37-44(24-29-59(49)111-39-60(97)98)92-68(106)54(18-8-12-32-86-72(80)81)95-64(102)48-36-43(23-28-58(48)110-3)91-67(105)53(17-7-11-31-85-71(78)79)94-63(101)47-34-41(21-26-57(47)109-2)89-66(104)50(74)15-6-10-30-84-70(76)77/h4-5,14,16,21-24,26-29,34-38,50,52-55,88H,6-13,15,17-20,25,30-33,39,74H2,1-3H3,(H2,75,99)(H,89,104)(H,90,107)(H,91,105)(H,92,106)(H,93,100)(H,94,101)(H,95,102)(H,96,103)(H,97,98)(H4,76,77,84)(H4,78,79,85)(H4,80,81,86)(H4,82,83,87)/t50-,52-,53-,54-,55-/m0/s1. The lowest BCUT2D eigenvalue weighted by atomic mass is 10.0. The number of rotatable bonds is 46. The first kappa shape index (κ1) is 86.5. The predicted molar refractivity (Wildman–Crippen MR) is 417 cm³/mol. The SMILES string of the molecule is COc1ccc(NC(=O)[C@H](CCCCNC(=N)N)NC(=O)c2cc(NC(=O)[C@H](CCCCNC(=N)N)NC(=O)c3cc(NC(=O)[C@H](CCCCNC(=N)N)NC(=O)c4cc(NC(=O)[C@@H](N)CCCCNC(=N)N)ccc4OC)ccc3OC)ccc2OCC(=O)O)cc1C(=O)N[C@@H](CCc1c[nH]c2ccccc12)C(N)=O. The molecule has 1 aromatic heterocycles. The number of carboxylic acid groups (broad SMARTS) is 1. The van der Waals surface area contributed by atoms with E-state index >= 15 is 0 Å². The number of hydrogen-bond donors (Lipinski definition) is 24. The van der Waals surface area contributed by atoms with Gasteiger partial charge in [-0.1, -0.05) is 18.2 Å². The van der Waals surface area contributed by atoms with E-state index in [1.807, 2.05) is 30.5 Å². The Labute approximate surface area is 639 Å². The molecule has 30 N–H and O–H groups in total. The molecule has 111 heavy (non-hydrogen) atoms. The van der Waals surface area contributed by atoms with E-state index < -0.39 is 96.0 Å². The summed E-state index contributed by atoms with van der Waals surface area (Å²) in [7, 11) is 3.92. The molecule has 0 saturated heterocycles. The van der Waals surface area contributed by atoms with E-state index in [2.05, 4.69) is 68.8 Å². The molecule has 0 bridgehead atoms. The summed E-state index contributed by atoms with van der Waals surface area (Å²) in [5, 5.41) is 73.1. The number of aromatic nitrogens is 1. The molecule has 596 valence electrons. The van der Waals surface area contributed by atoms with Crippen LogP contribution in [0.25, 0.3) is 10.9 Å². The van der Waals surface area contributed by atoms with Crippen molar-refractivity contribution in [1.29, 1.82) is 21.6 Å². The first-order valence-corrected chi connectivity index (χ1v) is 35.5. The maximum absolute atomic E-state index is 14.7. The van der Waals surface area contributed by atoms with Crippen molar-refractivity contribution in [2.24, 2.45) is 34.4 Å². The van der Waals surface area contributed by atoms with Crippen LogP contribution in [0.4, 0.5) is 22.7 Å². The van der Waals surface area contributed by atoms with Crippen LogP contribution in [-0.4, -0.2) is 177 Å². The molecule has 0 aliphatic rings. The van der Waals surface area contributed by atoms with Crippen molar-refractivity contribution in [2.45, 2.75) is 120 Å². The highest BCUT2D eigenvalue weighted by Gasteiger charge is 2.30. The first-order valence-electron chi connectivity index (χ1n) is 35.5. The number of ether oxygens (including phenoxy) is 4. The Morgan fingerprint density at radius 1 is 0.423 bits per heavy atom. The van der Waals surface area contributed by atoms with Gasteiger partial charge < -0.3 is 127 Å². The fourth-order valence-electron chi connectivity index (χ4n) is 11.5. The van der Waals surface area contributed by atoms with Gasteiger partial charge in [-0.15, -0.1) is 0 Å². The number of carbonyl (C=O) groups excluding carboxylic acids is 9. The minimum Gasteiger partial charge on any atom is -0.496 e. The number of aliphatic carboxylic acids is 1. The third-order valence-electron chi connectivity index (χ3n) is 17.2. The average Bonchev–Trinajstić information content (AvgIpc) is 1.10. The number of nitrogens with one attached hydrogen (secondary N) is 17. The predicted octanol–water partition coefficient (Wildman–Crippen LogP) is 1.96. The number of benzene rings is 5. The molecular weight excluding hydrogens is 1440 g/mol. The number of anilines is 4. The van der Waals surface area contributed by atoms with E-state index in [4.69, 9.17) is 75.0 Å². The second-order valence-corrected chi connectivity index (χ2v) is 25.5. The summed E-state index contributed by atoms with van der Waals surface area (Å²) >= 11 is 0. The van der Waals surface area contributed by atoms with Crippen LogP contribution < -0.4 is 117 Å². The Hall–Kier alpha value is -13.4. The van der Waals surface area contributed by atoms with Crippen LogP contribution in [0.5, 0.6) is 23.0 Å².